The monoisotopic (exact) mass is 329 g/mol. The summed E-state index contributed by atoms with van der Waals surface area (Å²) >= 11 is 3.50. The SMILES string of the molecule is O=C(NCc1ccccc1Br)C1Cc2ccccc2C1. The predicted molar refractivity (Wildman–Crippen MR) is 83.3 cm³/mol. The van der Waals surface area contributed by atoms with Crippen molar-refractivity contribution in [1.29, 1.82) is 0 Å². The van der Waals surface area contributed by atoms with Gasteiger partial charge in [-0.25, -0.2) is 0 Å². The summed E-state index contributed by atoms with van der Waals surface area (Å²) in [5, 5.41) is 3.05. The van der Waals surface area contributed by atoms with Crippen LogP contribution < -0.4 is 5.32 Å². The standard InChI is InChI=1S/C17H16BrNO/c18-16-8-4-3-7-14(16)11-19-17(20)15-9-12-5-1-2-6-13(12)10-15/h1-8,15H,9-11H2,(H,19,20). The van der Waals surface area contributed by atoms with Crippen LogP contribution in [-0.4, -0.2) is 5.91 Å². The van der Waals surface area contributed by atoms with Gasteiger partial charge in [0.05, 0.1) is 0 Å². The first-order valence-electron chi connectivity index (χ1n) is 6.82. The maximum absolute atomic E-state index is 12.3. The van der Waals surface area contributed by atoms with E-state index in [1.165, 1.54) is 11.1 Å². The Morgan fingerprint density at radius 3 is 2.30 bits per heavy atom. The van der Waals surface area contributed by atoms with Crippen molar-refractivity contribution in [2.75, 3.05) is 0 Å². The number of hydrogen-bond acceptors (Lipinski definition) is 1. The molecule has 102 valence electrons. The fourth-order valence-corrected chi connectivity index (χ4v) is 3.14. The van der Waals surface area contributed by atoms with E-state index in [-0.39, 0.29) is 11.8 Å². The highest BCUT2D eigenvalue weighted by atomic mass is 79.9. The van der Waals surface area contributed by atoms with Crippen molar-refractivity contribution in [3.05, 3.63) is 69.7 Å². The van der Waals surface area contributed by atoms with Crippen molar-refractivity contribution < 1.29 is 4.79 Å². The Morgan fingerprint density at radius 2 is 1.65 bits per heavy atom. The van der Waals surface area contributed by atoms with Crippen LogP contribution in [0.15, 0.2) is 53.0 Å². The van der Waals surface area contributed by atoms with Gasteiger partial charge in [0.15, 0.2) is 0 Å². The number of rotatable bonds is 3. The van der Waals surface area contributed by atoms with Gasteiger partial charge in [-0.1, -0.05) is 58.4 Å². The zero-order chi connectivity index (χ0) is 13.9. The lowest BCUT2D eigenvalue weighted by atomic mass is 10.1. The molecule has 2 aromatic rings. The minimum Gasteiger partial charge on any atom is -0.352 e. The van der Waals surface area contributed by atoms with Gasteiger partial charge in [-0.05, 0) is 35.6 Å². The van der Waals surface area contributed by atoms with Crippen molar-refractivity contribution in [3.63, 3.8) is 0 Å². The van der Waals surface area contributed by atoms with Crippen LogP contribution in [0.3, 0.4) is 0 Å². The van der Waals surface area contributed by atoms with E-state index in [2.05, 4.69) is 33.4 Å². The van der Waals surface area contributed by atoms with Crippen LogP contribution in [0.4, 0.5) is 0 Å². The second-order valence-electron chi connectivity index (χ2n) is 5.18. The number of carbonyl (C=O) groups is 1. The van der Waals surface area contributed by atoms with E-state index in [4.69, 9.17) is 0 Å². The van der Waals surface area contributed by atoms with Gasteiger partial charge in [0.1, 0.15) is 0 Å². The van der Waals surface area contributed by atoms with E-state index in [1.54, 1.807) is 0 Å². The molecule has 20 heavy (non-hydrogen) atoms. The smallest absolute Gasteiger partial charge is 0.224 e. The molecule has 0 heterocycles. The molecule has 2 nitrogen and oxygen atoms in total. The van der Waals surface area contributed by atoms with Crippen molar-refractivity contribution in [3.8, 4) is 0 Å². The van der Waals surface area contributed by atoms with Crippen molar-refractivity contribution in [2.45, 2.75) is 19.4 Å². The maximum Gasteiger partial charge on any atom is 0.224 e. The molecule has 1 N–H and O–H groups in total. The first kappa shape index (κ1) is 13.4. The van der Waals surface area contributed by atoms with Crippen LogP contribution in [0.2, 0.25) is 0 Å². The molecule has 0 spiro atoms. The van der Waals surface area contributed by atoms with Gasteiger partial charge >= 0.3 is 0 Å². The summed E-state index contributed by atoms with van der Waals surface area (Å²) in [6.45, 7) is 0.576. The van der Waals surface area contributed by atoms with Crippen LogP contribution in [0.25, 0.3) is 0 Å². The third-order valence-corrected chi connectivity index (χ3v) is 4.61. The molecule has 0 saturated heterocycles. The first-order chi connectivity index (χ1) is 9.74. The Bertz CT molecular complexity index is 613. The lowest BCUT2D eigenvalue weighted by Gasteiger charge is -2.11. The fourth-order valence-electron chi connectivity index (χ4n) is 2.71. The molecule has 2 aromatic carbocycles. The summed E-state index contributed by atoms with van der Waals surface area (Å²) in [6, 6.07) is 16.3. The molecular weight excluding hydrogens is 314 g/mol. The summed E-state index contributed by atoms with van der Waals surface area (Å²) in [4.78, 5) is 12.3. The molecule has 1 amide bonds. The molecule has 1 aliphatic rings. The third kappa shape index (κ3) is 2.78. The zero-order valence-corrected chi connectivity index (χ0v) is 12.7. The summed E-state index contributed by atoms with van der Waals surface area (Å²) in [6.07, 6.45) is 1.72. The Balaban J connectivity index is 1.61. The molecule has 0 unspecified atom stereocenters. The Labute approximate surface area is 127 Å². The summed E-state index contributed by atoms with van der Waals surface area (Å²) < 4.78 is 1.04. The summed E-state index contributed by atoms with van der Waals surface area (Å²) in [5.74, 6) is 0.229. The number of hydrogen-bond donors (Lipinski definition) is 1. The van der Waals surface area contributed by atoms with Crippen LogP contribution in [0.5, 0.6) is 0 Å². The van der Waals surface area contributed by atoms with Gasteiger partial charge in [-0.3, -0.25) is 4.79 Å². The van der Waals surface area contributed by atoms with Gasteiger partial charge < -0.3 is 5.32 Å². The van der Waals surface area contributed by atoms with Crippen LogP contribution in [0.1, 0.15) is 16.7 Å². The largest absolute Gasteiger partial charge is 0.352 e. The lowest BCUT2D eigenvalue weighted by Crippen LogP contribution is -2.30. The Morgan fingerprint density at radius 1 is 1.05 bits per heavy atom. The Kier molecular flexibility index (Phi) is 3.88. The van der Waals surface area contributed by atoms with Crippen LogP contribution in [0, 0.1) is 5.92 Å². The van der Waals surface area contributed by atoms with Crippen molar-refractivity contribution in [1.82, 2.24) is 5.32 Å². The summed E-state index contributed by atoms with van der Waals surface area (Å²) in [7, 11) is 0. The van der Waals surface area contributed by atoms with Crippen molar-refractivity contribution >= 4 is 21.8 Å². The van der Waals surface area contributed by atoms with Gasteiger partial charge in [-0.2, -0.15) is 0 Å². The number of amides is 1. The molecular formula is C17H16BrNO. The van der Waals surface area contributed by atoms with Crippen LogP contribution >= 0.6 is 15.9 Å². The quantitative estimate of drug-likeness (QED) is 0.917. The minimum atomic E-state index is 0.0786. The van der Waals surface area contributed by atoms with E-state index in [1.807, 2.05) is 36.4 Å². The normalized spacial score (nSPS) is 14.1. The molecule has 0 radical (unpaired) electrons. The molecule has 0 saturated carbocycles. The number of fused-ring (bicyclic) bond motifs is 1. The number of nitrogens with one attached hydrogen (secondary N) is 1. The van der Waals surface area contributed by atoms with Gasteiger partial charge in [0, 0.05) is 16.9 Å². The average molecular weight is 330 g/mol. The molecule has 1 aliphatic carbocycles. The number of carbonyl (C=O) groups excluding carboxylic acids is 1. The van der Waals surface area contributed by atoms with E-state index < -0.39 is 0 Å². The molecule has 0 fully saturated rings. The first-order valence-corrected chi connectivity index (χ1v) is 7.61. The molecule has 3 heteroatoms. The fraction of sp³-hybridized carbons (Fsp3) is 0.235. The third-order valence-electron chi connectivity index (χ3n) is 3.83. The lowest BCUT2D eigenvalue weighted by molar-refractivity contribution is -0.124. The van der Waals surface area contributed by atoms with E-state index in [9.17, 15) is 4.79 Å². The number of halogens is 1. The van der Waals surface area contributed by atoms with E-state index in [0.29, 0.717) is 6.54 Å². The summed E-state index contributed by atoms with van der Waals surface area (Å²) in [5.41, 5.74) is 3.73. The Hall–Kier alpha value is -1.61. The maximum atomic E-state index is 12.3. The molecule has 0 atom stereocenters. The highest BCUT2D eigenvalue weighted by Gasteiger charge is 2.26. The minimum absolute atomic E-state index is 0.0786. The topological polar surface area (TPSA) is 29.1 Å². The molecule has 0 aromatic heterocycles. The van der Waals surface area contributed by atoms with Gasteiger partial charge in [0.25, 0.3) is 0 Å². The van der Waals surface area contributed by atoms with Crippen molar-refractivity contribution in [2.24, 2.45) is 5.92 Å². The molecule has 3 rings (SSSR count). The molecule has 0 bridgehead atoms. The van der Waals surface area contributed by atoms with Gasteiger partial charge in [-0.15, -0.1) is 0 Å². The predicted octanol–water partition coefficient (Wildman–Crippen LogP) is 3.48. The number of benzene rings is 2. The zero-order valence-electron chi connectivity index (χ0n) is 11.1. The second kappa shape index (κ2) is 5.80. The van der Waals surface area contributed by atoms with E-state index in [0.717, 1.165) is 22.9 Å². The molecule has 0 aliphatic heterocycles. The van der Waals surface area contributed by atoms with Gasteiger partial charge in [0.2, 0.25) is 5.91 Å². The van der Waals surface area contributed by atoms with Crippen LogP contribution in [-0.2, 0) is 24.2 Å². The second-order valence-corrected chi connectivity index (χ2v) is 6.04. The highest BCUT2D eigenvalue weighted by molar-refractivity contribution is 9.10. The average Bonchev–Trinajstić information content (AvgIpc) is 2.90. The highest BCUT2D eigenvalue weighted by Crippen LogP contribution is 2.26. The van der Waals surface area contributed by atoms with E-state index >= 15 is 0 Å².